The molecule has 0 aromatic heterocycles. The zero-order valence-electron chi connectivity index (χ0n) is 14.0. The van der Waals surface area contributed by atoms with Crippen molar-refractivity contribution in [3.05, 3.63) is 24.3 Å². The molecule has 0 unspecified atom stereocenters. The Kier molecular flexibility index (Phi) is 4.96. The normalized spacial score (nSPS) is 20.3. The summed E-state index contributed by atoms with van der Waals surface area (Å²) in [7, 11) is 0. The van der Waals surface area contributed by atoms with E-state index in [1.165, 1.54) is 19.3 Å². The number of aliphatic hydroxyl groups is 1. The van der Waals surface area contributed by atoms with Crippen LogP contribution in [0.2, 0.25) is 0 Å². The number of nitrogens with one attached hydrogen (secondary N) is 1. The molecule has 5 heteroatoms. The molecule has 5 nitrogen and oxygen atoms in total. The van der Waals surface area contributed by atoms with E-state index < -0.39 is 5.60 Å². The molecule has 1 aromatic rings. The molecule has 0 aliphatic carbocycles. The zero-order valence-corrected chi connectivity index (χ0v) is 14.0. The van der Waals surface area contributed by atoms with Crippen LogP contribution in [0.25, 0.3) is 0 Å². The molecule has 2 fully saturated rings. The van der Waals surface area contributed by atoms with Crippen molar-refractivity contribution >= 4 is 17.4 Å². The summed E-state index contributed by atoms with van der Waals surface area (Å²) in [6.45, 7) is 3.01. The number of likely N-dealkylation sites (tertiary alicyclic amines) is 1. The molecule has 2 aliphatic heterocycles. The van der Waals surface area contributed by atoms with Crippen LogP contribution in [-0.2, 0) is 0 Å². The first kappa shape index (κ1) is 16.7. The number of hydrogen-bond donors (Lipinski definition) is 2. The van der Waals surface area contributed by atoms with Crippen molar-refractivity contribution in [2.45, 2.75) is 37.7 Å². The number of anilines is 2. The Morgan fingerprint density at radius 3 is 2.46 bits per heavy atom. The smallest absolute Gasteiger partial charge is 0.321 e. The summed E-state index contributed by atoms with van der Waals surface area (Å²) in [5.74, 6) is 2.43. The highest BCUT2D eigenvalue weighted by molar-refractivity contribution is 5.93. The van der Waals surface area contributed by atoms with Crippen LogP contribution in [0.1, 0.15) is 32.1 Å². The topological polar surface area (TPSA) is 55.8 Å². The molecule has 2 amide bonds. The fourth-order valence-electron chi connectivity index (χ4n) is 3.41. The van der Waals surface area contributed by atoms with Crippen LogP contribution in [-0.4, -0.2) is 47.8 Å². The predicted molar refractivity (Wildman–Crippen MR) is 96.1 cm³/mol. The number of nitrogens with zero attached hydrogens (tertiary/aromatic N) is 2. The SMILES string of the molecule is C#CC1(O)CCN(C(=O)Nc2ccccc2N2CCCCC2)CC1. The van der Waals surface area contributed by atoms with E-state index in [1.807, 2.05) is 18.2 Å². The third-order valence-corrected chi connectivity index (χ3v) is 4.99. The molecule has 3 rings (SSSR count). The van der Waals surface area contributed by atoms with Crippen molar-refractivity contribution in [2.75, 3.05) is 36.4 Å². The molecular weight excluding hydrogens is 302 g/mol. The van der Waals surface area contributed by atoms with Gasteiger partial charge in [0.15, 0.2) is 0 Å². The number of terminal acetylenes is 1. The Balaban J connectivity index is 1.66. The van der Waals surface area contributed by atoms with Gasteiger partial charge in [-0.05, 0) is 31.4 Å². The van der Waals surface area contributed by atoms with Gasteiger partial charge in [0.1, 0.15) is 5.60 Å². The molecule has 0 atom stereocenters. The van der Waals surface area contributed by atoms with E-state index >= 15 is 0 Å². The van der Waals surface area contributed by atoms with Crippen molar-refractivity contribution in [3.63, 3.8) is 0 Å². The molecule has 1 aromatic carbocycles. The number of piperidine rings is 2. The van der Waals surface area contributed by atoms with Gasteiger partial charge in [0.2, 0.25) is 0 Å². The van der Waals surface area contributed by atoms with Gasteiger partial charge < -0.3 is 20.2 Å². The lowest BCUT2D eigenvalue weighted by Crippen LogP contribution is -2.47. The number of urea groups is 1. The van der Waals surface area contributed by atoms with Gasteiger partial charge in [-0.1, -0.05) is 18.1 Å². The minimum atomic E-state index is -1.07. The number of amides is 2. The minimum absolute atomic E-state index is 0.126. The molecule has 2 aliphatic rings. The van der Waals surface area contributed by atoms with Gasteiger partial charge in [0.25, 0.3) is 0 Å². The summed E-state index contributed by atoms with van der Waals surface area (Å²) < 4.78 is 0. The van der Waals surface area contributed by atoms with Gasteiger partial charge in [0.05, 0.1) is 11.4 Å². The molecule has 2 saturated heterocycles. The molecular formula is C19H25N3O2. The number of para-hydroxylation sites is 2. The number of carbonyl (C=O) groups excluding carboxylic acids is 1. The molecule has 128 valence electrons. The molecule has 2 heterocycles. The van der Waals surface area contributed by atoms with Gasteiger partial charge in [-0.2, -0.15) is 0 Å². The van der Waals surface area contributed by atoms with Crippen molar-refractivity contribution in [3.8, 4) is 12.3 Å². The lowest BCUT2D eigenvalue weighted by atomic mass is 9.93. The van der Waals surface area contributed by atoms with Gasteiger partial charge in [-0.3, -0.25) is 0 Å². The van der Waals surface area contributed by atoms with Crippen LogP contribution in [0.4, 0.5) is 16.2 Å². The highest BCUT2D eigenvalue weighted by atomic mass is 16.3. The summed E-state index contributed by atoms with van der Waals surface area (Å²) in [5, 5.41) is 13.1. The van der Waals surface area contributed by atoms with E-state index in [9.17, 15) is 9.90 Å². The average molecular weight is 327 g/mol. The van der Waals surface area contributed by atoms with E-state index in [0.717, 1.165) is 24.5 Å². The first-order chi connectivity index (χ1) is 11.6. The van der Waals surface area contributed by atoms with Crippen LogP contribution in [0.5, 0.6) is 0 Å². The van der Waals surface area contributed by atoms with Crippen LogP contribution >= 0.6 is 0 Å². The van der Waals surface area contributed by atoms with E-state index in [0.29, 0.717) is 25.9 Å². The second kappa shape index (κ2) is 7.14. The average Bonchev–Trinajstić information content (AvgIpc) is 2.63. The maximum Gasteiger partial charge on any atom is 0.321 e. The monoisotopic (exact) mass is 327 g/mol. The van der Waals surface area contributed by atoms with E-state index in [1.54, 1.807) is 4.90 Å². The van der Waals surface area contributed by atoms with Gasteiger partial charge in [0, 0.05) is 39.0 Å². The standard InChI is InChI=1S/C19H25N3O2/c1-2-19(24)10-14-22(15-11-19)18(23)20-16-8-4-5-9-17(16)21-12-6-3-7-13-21/h1,4-5,8-9,24H,3,6-7,10-15H2,(H,20,23). The van der Waals surface area contributed by atoms with Crippen LogP contribution < -0.4 is 10.2 Å². The maximum absolute atomic E-state index is 12.6. The molecule has 0 spiro atoms. The summed E-state index contributed by atoms with van der Waals surface area (Å²) in [4.78, 5) is 16.6. The lowest BCUT2D eigenvalue weighted by Gasteiger charge is -2.35. The van der Waals surface area contributed by atoms with E-state index in [2.05, 4.69) is 22.2 Å². The zero-order chi connectivity index (χ0) is 17.0. The molecule has 0 radical (unpaired) electrons. The molecule has 0 bridgehead atoms. The summed E-state index contributed by atoms with van der Waals surface area (Å²) in [5.41, 5.74) is 0.868. The fraction of sp³-hybridized carbons (Fsp3) is 0.526. The fourth-order valence-corrected chi connectivity index (χ4v) is 3.41. The Morgan fingerprint density at radius 2 is 1.79 bits per heavy atom. The van der Waals surface area contributed by atoms with Gasteiger partial charge in [-0.15, -0.1) is 6.42 Å². The van der Waals surface area contributed by atoms with Crippen LogP contribution in [0, 0.1) is 12.3 Å². The first-order valence-electron chi connectivity index (χ1n) is 8.71. The van der Waals surface area contributed by atoms with Crippen molar-refractivity contribution in [2.24, 2.45) is 0 Å². The quantitative estimate of drug-likeness (QED) is 0.821. The maximum atomic E-state index is 12.6. The third-order valence-electron chi connectivity index (χ3n) is 4.99. The summed E-state index contributed by atoms with van der Waals surface area (Å²) in [6.07, 6.45) is 9.86. The highest BCUT2D eigenvalue weighted by Gasteiger charge is 2.32. The van der Waals surface area contributed by atoms with Crippen LogP contribution in [0.3, 0.4) is 0 Å². The number of hydrogen-bond acceptors (Lipinski definition) is 3. The second-order valence-corrected chi connectivity index (χ2v) is 6.66. The number of carbonyl (C=O) groups is 1. The van der Waals surface area contributed by atoms with Gasteiger partial charge in [-0.25, -0.2) is 4.79 Å². The van der Waals surface area contributed by atoms with Gasteiger partial charge >= 0.3 is 6.03 Å². The largest absolute Gasteiger partial charge is 0.377 e. The Bertz CT molecular complexity index is 624. The van der Waals surface area contributed by atoms with Crippen molar-refractivity contribution in [1.82, 2.24) is 4.90 Å². The summed E-state index contributed by atoms with van der Waals surface area (Å²) in [6, 6.07) is 7.83. The minimum Gasteiger partial charge on any atom is -0.377 e. The second-order valence-electron chi connectivity index (χ2n) is 6.66. The Morgan fingerprint density at radius 1 is 1.12 bits per heavy atom. The summed E-state index contributed by atoms with van der Waals surface area (Å²) >= 11 is 0. The number of rotatable bonds is 2. The van der Waals surface area contributed by atoms with E-state index in [4.69, 9.17) is 6.42 Å². The molecule has 0 saturated carbocycles. The van der Waals surface area contributed by atoms with Crippen molar-refractivity contribution < 1.29 is 9.90 Å². The molecule has 24 heavy (non-hydrogen) atoms. The van der Waals surface area contributed by atoms with Crippen LogP contribution in [0.15, 0.2) is 24.3 Å². The third kappa shape index (κ3) is 3.65. The number of benzene rings is 1. The Hall–Kier alpha value is -2.19. The predicted octanol–water partition coefficient (Wildman–Crippen LogP) is 2.67. The lowest BCUT2D eigenvalue weighted by molar-refractivity contribution is 0.0398. The Labute approximate surface area is 143 Å². The molecule has 2 N–H and O–H groups in total. The highest BCUT2D eigenvalue weighted by Crippen LogP contribution is 2.29. The first-order valence-corrected chi connectivity index (χ1v) is 8.71. The van der Waals surface area contributed by atoms with Crippen molar-refractivity contribution in [1.29, 1.82) is 0 Å². The van der Waals surface area contributed by atoms with E-state index in [-0.39, 0.29) is 6.03 Å².